The zero-order valence-electron chi connectivity index (χ0n) is 5.17. The summed E-state index contributed by atoms with van der Waals surface area (Å²) < 4.78 is 12.9. The SMILES string of the molecule is O=[N+]([O-])c1[c]c(Br)ccc1F. The number of nitrogens with zero attached hydrogens (tertiary/aromatic N) is 1. The summed E-state index contributed by atoms with van der Waals surface area (Å²) in [5, 5.41) is 10.1. The fourth-order valence-electron chi connectivity index (χ4n) is 0.573. The summed E-state index contributed by atoms with van der Waals surface area (Å²) in [4.78, 5) is 9.27. The van der Waals surface area contributed by atoms with Crippen molar-refractivity contribution >= 4 is 21.6 Å². The molecule has 0 amide bonds. The first-order valence-corrected chi connectivity index (χ1v) is 3.42. The molecule has 0 fully saturated rings. The Balaban J connectivity index is 3.23. The molecule has 0 unspecified atom stereocenters. The molecule has 0 aliphatic carbocycles. The van der Waals surface area contributed by atoms with Gasteiger partial charge in [-0.15, -0.1) is 0 Å². The zero-order valence-corrected chi connectivity index (χ0v) is 6.76. The topological polar surface area (TPSA) is 43.1 Å². The minimum absolute atomic E-state index is 0.366. The highest BCUT2D eigenvalue weighted by Gasteiger charge is 2.13. The molecule has 0 aromatic heterocycles. The van der Waals surface area contributed by atoms with Gasteiger partial charge in [0.15, 0.2) is 0 Å². The Hall–Kier alpha value is -0.970. The first-order valence-electron chi connectivity index (χ1n) is 2.63. The molecule has 0 heterocycles. The zero-order chi connectivity index (χ0) is 8.43. The summed E-state index contributed by atoms with van der Waals surface area (Å²) in [7, 11) is 0. The summed E-state index contributed by atoms with van der Waals surface area (Å²) in [5.74, 6) is -0.877. The highest BCUT2D eigenvalue weighted by molar-refractivity contribution is 9.10. The van der Waals surface area contributed by atoms with Gasteiger partial charge in [-0.1, -0.05) is 0 Å². The molecule has 0 atom stereocenters. The van der Waals surface area contributed by atoms with Gasteiger partial charge < -0.3 is 0 Å². The number of halogens is 2. The van der Waals surface area contributed by atoms with Crippen molar-refractivity contribution < 1.29 is 9.31 Å². The highest BCUT2D eigenvalue weighted by atomic mass is 79.9. The minimum Gasteiger partial charge on any atom is -0.258 e. The molecule has 0 saturated carbocycles. The van der Waals surface area contributed by atoms with E-state index in [4.69, 9.17) is 0 Å². The van der Waals surface area contributed by atoms with Crippen LogP contribution in [-0.2, 0) is 0 Å². The van der Waals surface area contributed by atoms with E-state index in [-0.39, 0.29) is 0 Å². The van der Waals surface area contributed by atoms with Crippen LogP contribution in [0.2, 0.25) is 0 Å². The molecule has 0 bridgehead atoms. The van der Waals surface area contributed by atoms with Crippen LogP contribution in [0.4, 0.5) is 10.1 Å². The van der Waals surface area contributed by atoms with E-state index in [2.05, 4.69) is 22.0 Å². The molecule has 3 nitrogen and oxygen atoms in total. The highest BCUT2D eigenvalue weighted by Crippen LogP contribution is 2.20. The van der Waals surface area contributed by atoms with Gasteiger partial charge in [0.2, 0.25) is 5.82 Å². The Morgan fingerprint density at radius 1 is 1.64 bits per heavy atom. The predicted molar refractivity (Wildman–Crippen MR) is 39.6 cm³/mol. The summed E-state index contributed by atoms with van der Waals surface area (Å²) in [5.41, 5.74) is -0.639. The molecule has 1 radical (unpaired) electrons. The van der Waals surface area contributed by atoms with Gasteiger partial charge >= 0.3 is 5.69 Å². The lowest BCUT2D eigenvalue weighted by Crippen LogP contribution is -1.91. The summed E-state index contributed by atoms with van der Waals surface area (Å²) >= 11 is 2.94. The maximum absolute atomic E-state index is 12.5. The predicted octanol–water partition coefficient (Wildman–Crippen LogP) is 2.30. The lowest BCUT2D eigenvalue weighted by Gasteiger charge is -1.92. The third-order valence-corrected chi connectivity index (χ3v) is 1.49. The maximum atomic E-state index is 12.5. The average Bonchev–Trinajstić information content (AvgIpc) is 1.94. The van der Waals surface area contributed by atoms with Crippen molar-refractivity contribution in [3.63, 3.8) is 0 Å². The van der Waals surface area contributed by atoms with E-state index in [9.17, 15) is 14.5 Å². The van der Waals surface area contributed by atoms with Crippen LogP contribution in [0.1, 0.15) is 0 Å². The van der Waals surface area contributed by atoms with Gasteiger partial charge in [0.1, 0.15) is 0 Å². The van der Waals surface area contributed by atoms with E-state index in [1.807, 2.05) is 0 Å². The van der Waals surface area contributed by atoms with E-state index in [1.165, 1.54) is 6.07 Å². The number of benzene rings is 1. The van der Waals surface area contributed by atoms with E-state index >= 15 is 0 Å². The summed E-state index contributed by atoms with van der Waals surface area (Å²) in [6, 6.07) is 4.58. The van der Waals surface area contributed by atoms with Crippen LogP contribution in [-0.4, -0.2) is 4.92 Å². The van der Waals surface area contributed by atoms with Gasteiger partial charge in [0.05, 0.1) is 11.0 Å². The standard InChI is InChI=1S/C6H2BrFNO2/c7-4-1-2-5(8)6(3-4)9(10)11/h1-2H. The Morgan fingerprint density at radius 3 is 2.73 bits per heavy atom. The molecule has 1 aromatic carbocycles. The Labute approximate surface area is 70.1 Å². The van der Waals surface area contributed by atoms with Crippen molar-refractivity contribution in [3.05, 3.63) is 38.6 Å². The number of hydrogen-bond donors (Lipinski definition) is 0. The van der Waals surface area contributed by atoms with Crippen molar-refractivity contribution in [3.8, 4) is 0 Å². The second-order valence-electron chi connectivity index (χ2n) is 1.76. The smallest absolute Gasteiger partial charge is 0.258 e. The molecule has 57 valence electrons. The van der Waals surface area contributed by atoms with Gasteiger partial charge in [-0.2, -0.15) is 4.39 Å². The maximum Gasteiger partial charge on any atom is 0.313 e. The van der Waals surface area contributed by atoms with Crippen LogP contribution >= 0.6 is 15.9 Å². The molecule has 5 heteroatoms. The van der Waals surface area contributed by atoms with Gasteiger partial charge in [-0.3, -0.25) is 10.1 Å². The minimum atomic E-state index is -0.877. The van der Waals surface area contributed by atoms with Crippen LogP contribution in [0, 0.1) is 22.0 Å². The Morgan fingerprint density at radius 2 is 2.27 bits per heavy atom. The molecule has 11 heavy (non-hydrogen) atoms. The van der Waals surface area contributed by atoms with Crippen LogP contribution in [0.3, 0.4) is 0 Å². The van der Waals surface area contributed by atoms with Crippen molar-refractivity contribution in [2.45, 2.75) is 0 Å². The van der Waals surface area contributed by atoms with Gasteiger partial charge in [-0.25, -0.2) is 0 Å². The fourth-order valence-corrected chi connectivity index (χ4v) is 0.893. The van der Waals surface area contributed by atoms with Crippen LogP contribution in [0.15, 0.2) is 16.6 Å². The normalized spacial score (nSPS) is 9.64. The van der Waals surface area contributed by atoms with Gasteiger partial charge in [0.25, 0.3) is 0 Å². The second kappa shape index (κ2) is 2.96. The van der Waals surface area contributed by atoms with Crippen LogP contribution in [0.5, 0.6) is 0 Å². The molecule has 0 saturated heterocycles. The van der Waals surface area contributed by atoms with E-state index in [1.54, 1.807) is 0 Å². The second-order valence-corrected chi connectivity index (χ2v) is 2.61. The van der Waals surface area contributed by atoms with Crippen molar-refractivity contribution in [1.82, 2.24) is 0 Å². The molecule has 0 N–H and O–H groups in total. The van der Waals surface area contributed by atoms with E-state index in [0.717, 1.165) is 6.07 Å². The average molecular weight is 219 g/mol. The number of rotatable bonds is 1. The molecular weight excluding hydrogens is 217 g/mol. The van der Waals surface area contributed by atoms with E-state index < -0.39 is 16.4 Å². The van der Waals surface area contributed by atoms with Crippen molar-refractivity contribution in [2.75, 3.05) is 0 Å². The van der Waals surface area contributed by atoms with Gasteiger partial charge in [0, 0.05) is 4.47 Å². The fraction of sp³-hybridized carbons (Fsp3) is 0. The number of hydrogen-bond acceptors (Lipinski definition) is 2. The van der Waals surface area contributed by atoms with E-state index in [0.29, 0.717) is 4.47 Å². The summed E-state index contributed by atoms with van der Waals surface area (Å²) in [6.45, 7) is 0. The first-order chi connectivity index (χ1) is 5.11. The summed E-state index contributed by atoms with van der Waals surface area (Å²) in [6.07, 6.45) is 0. The Kier molecular flexibility index (Phi) is 2.19. The van der Waals surface area contributed by atoms with Gasteiger partial charge in [-0.05, 0) is 28.1 Å². The van der Waals surface area contributed by atoms with Crippen molar-refractivity contribution in [2.24, 2.45) is 0 Å². The van der Waals surface area contributed by atoms with Crippen LogP contribution < -0.4 is 0 Å². The first kappa shape index (κ1) is 8.13. The number of nitro benzene ring substituents is 1. The third-order valence-electron chi connectivity index (χ3n) is 1.02. The Bertz CT molecular complexity index is 303. The largest absolute Gasteiger partial charge is 0.313 e. The molecule has 0 aliphatic heterocycles. The quantitative estimate of drug-likeness (QED) is 0.537. The molecule has 0 aliphatic rings. The molecule has 0 spiro atoms. The lowest BCUT2D eigenvalue weighted by molar-refractivity contribution is -0.387. The van der Waals surface area contributed by atoms with Crippen molar-refractivity contribution in [1.29, 1.82) is 0 Å². The molecule has 1 rings (SSSR count). The molecule has 1 aromatic rings. The number of nitro groups is 1. The van der Waals surface area contributed by atoms with Crippen LogP contribution in [0.25, 0.3) is 0 Å². The third kappa shape index (κ3) is 1.74. The monoisotopic (exact) mass is 218 g/mol. The lowest BCUT2D eigenvalue weighted by atomic mass is 10.3. The molecular formula is C6H2BrFNO2.